The van der Waals surface area contributed by atoms with Gasteiger partial charge >= 0.3 is 0 Å². The smallest absolute Gasteiger partial charge is 0.296 e. The molecule has 0 saturated heterocycles. The lowest BCUT2D eigenvalue weighted by atomic mass is 10.1. The molecule has 5 aromatic rings. The third kappa shape index (κ3) is 9.28. The van der Waals surface area contributed by atoms with E-state index in [2.05, 4.69) is 45.2 Å². The van der Waals surface area contributed by atoms with Crippen molar-refractivity contribution in [2.75, 3.05) is 23.0 Å². The number of hydrogen-bond donors (Lipinski definition) is 7. The summed E-state index contributed by atoms with van der Waals surface area (Å²) in [6.07, 6.45) is 0. The summed E-state index contributed by atoms with van der Waals surface area (Å²) in [5, 5.41) is 35.7. The van der Waals surface area contributed by atoms with Gasteiger partial charge < -0.3 is 25.4 Å². The van der Waals surface area contributed by atoms with E-state index in [4.69, 9.17) is 16.2 Å². The molecule has 1 aromatic heterocycles. The Labute approximate surface area is 307 Å². The summed E-state index contributed by atoms with van der Waals surface area (Å²) in [6.45, 7) is -0.269. The largest absolute Gasteiger partial charge is 0.506 e. The zero-order valence-electron chi connectivity index (χ0n) is 25.9. The molecule has 0 bridgehead atoms. The van der Waals surface area contributed by atoms with Gasteiger partial charge in [0.05, 0.1) is 27.8 Å². The molecule has 278 valence electrons. The Hall–Kier alpha value is -5.12. The first-order valence-electron chi connectivity index (χ1n) is 14.0. The standard InChI is InChI=1S/C27H21ClN8O13S4/c28-25-31-26(29-14-1-4-16(5-2-14)51(41,42)8-7-49-50-40)33-27(32-25)30-19-12-17(52(43,44)45)9-13-10-21(53(46,47)48)23(24(38)22(13)19)35-34-18-11-15(36-39)3-6-20(18)37/h1-6,9-12,37-38,40H,7-8H2,(H,43,44,45)(H,46,47,48)(H2,29,30,31,32,33). The Balaban J connectivity index is 1.59. The van der Waals surface area contributed by atoms with Gasteiger partial charge in [-0.05, 0) is 82.8 Å². The molecule has 7 N–H and O–H groups in total. The highest BCUT2D eigenvalue weighted by Gasteiger charge is 2.26. The molecule has 0 unspecified atom stereocenters. The lowest BCUT2D eigenvalue weighted by Crippen LogP contribution is -2.11. The number of nitroso groups, excluding NO2 is 1. The zero-order chi connectivity index (χ0) is 38.7. The lowest BCUT2D eigenvalue weighted by molar-refractivity contribution is 0.367. The van der Waals surface area contributed by atoms with Crippen molar-refractivity contribution in [3.63, 3.8) is 0 Å². The fourth-order valence-electron chi connectivity index (χ4n) is 4.51. The maximum atomic E-state index is 12.5. The van der Waals surface area contributed by atoms with Crippen LogP contribution in [0.5, 0.6) is 11.5 Å². The monoisotopic (exact) mass is 828 g/mol. The van der Waals surface area contributed by atoms with Gasteiger partial charge in [-0.15, -0.1) is 15.1 Å². The molecular weight excluding hydrogens is 808 g/mol. The van der Waals surface area contributed by atoms with Crippen LogP contribution in [-0.4, -0.2) is 76.4 Å². The average Bonchev–Trinajstić information content (AvgIpc) is 3.07. The molecule has 0 aliphatic rings. The maximum absolute atomic E-state index is 12.5. The third-order valence-electron chi connectivity index (χ3n) is 6.83. The van der Waals surface area contributed by atoms with Gasteiger partial charge in [-0.1, -0.05) is 0 Å². The summed E-state index contributed by atoms with van der Waals surface area (Å²) < 4.78 is 107. The molecule has 0 spiro atoms. The van der Waals surface area contributed by atoms with Crippen molar-refractivity contribution in [1.82, 2.24) is 15.0 Å². The van der Waals surface area contributed by atoms with Crippen LogP contribution in [0.2, 0.25) is 5.28 Å². The van der Waals surface area contributed by atoms with Gasteiger partial charge in [0.2, 0.25) is 17.2 Å². The van der Waals surface area contributed by atoms with Crippen LogP contribution in [0, 0.1) is 4.91 Å². The van der Waals surface area contributed by atoms with E-state index in [0.29, 0.717) is 6.07 Å². The summed E-state index contributed by atoms with van der Waals surface area (Å²) in [7, 11) is -14.0. The Kier molecular flexibility index (Phi) is 11.4. The number of sulfone groups is 1. The molecule has 0 amide bonds. The van der Waals surface area contributed by atoms with Gasteiger partial charge in [0.25, 0.3) is 20.2 Å². The summed E-state index contributed by atoms with van der Waals surface area (Å²) in [6, 6.07) is 10.7. The number of phenolic OH excluding ortho intramolecular Hbond substituents is 2. The average molecular weight is 829 g/mol. The fraction of sp³-hybridized carbons (Fsp3) is 0.0741. The minimum absolute atomic E-state index is 0.0341. The number of azo groups is 1. The highest BCUT2D eigenvalue weighted by molar-refractivity contribution is 7.91. The van der Waals surface area contributed by atoms with Gasteiger partial charge in [-0.3, -0.25) is 13.3 Å². The number of fused-ring (bicyclic) bond motifs is 1. The maximum Gasteiger partial charge on any atom is 0.296 e. The molecule has 0 atom stereocenters. The number of hydrogen-bond acceptors (Lipinski definition) is 20. The van der Waals surface area contributed by atoms with E-state index in [0.717, 1.165) is 30.3 Å². The molecule has 53 heavy (non-hydrogen) atoms. The highest BCUT2D eigenvalue weighted by atomic mass is 35.5. The number of aromatic nitrogens is 3. The molecular formula is C27H21ClN8O13S4. The zero-order valence-corrected chi connectivity index (χ0v) is 29.9. The van der Waals surface area contributed by atoms with Crippen molar-refractivity contribution in [2.45, 2.75) is 14.7 Å². The van der Waals surface area contributed by atoms with Crippen LogP contribution in [0.1, 0.15) is 0 Å². The predicted molar refractivity (Wildman–Crippen MR) is 189 cm³/mol. The van der Waals surface area contributed by atoms with E-state index in [9.17, 15) is 49.5 Å². The van der Waals surface area contributed by atoms with Crippen LogP contribution < -0.4 is 10.6 Å². The number of aromatic hydroxyl groups is 2. The number of benzene rings is 4. The third-order valence-corrected chi connectivity index (χ3v) is 10.7. The summed E-state index contributed by atoms with van der Waals surface area (Å²) in [4.78, 5) is 21.0. The van der Waals surface area contributed by atoms with Crippen molar-refractivity contribution in [2.24, 2.45) is 15.4 Å². The van der Waals surface area contributed by atoms with E-state index in [1.807, 2.05) is 0 Å². The van der Waals surface area contributed by atoms with Gasteiger partial charge in [0.1, 0.15) is 27.7 Å². The molecule has 0 radical (unpaired) electrons. The second-order valence-corrected chi connectivity index (χ2v) is 15.9. The van der Waals surface area contributed by atoms with E-state index in [1.165, 1.54) is 24.3 Å². The van der Waals surface area contributed by atoms with E-state index < -0.39 is 90.8 Å². The minimum atomic E-state index is -5.24. The summed E-state index contributed by atoms with van der Waals surface area (Å²) in [5.74, 6) is -2.61. The molecule has 5 rings (SSSR count). The van der Waals surface area contributed by atoms with Crippen LogP contribution in [0.4, 0.5) is 40.3 Å². The van der Waals surface area contributed by atoms with E-state index in [1.54, 1.807) is 0 Å². The number of nitrogens with one attached hydrogen (secondary N) is 2. The molecule has 4 aromatic carbocycles. The Bertz CT molecular complexity index is 2610. The van der Waals surface area contributed by atoms with Crippen molar-refractivity contribution < 1.29 is 53.3 Å². The van der Waals surface area contributed by atoms with Crippen LogP contribution >= 0.6 is 23.9 Å². The van der Waals surface area contributed by atoms with Crippen molar-refractivity contribution in [1.29, 1.82) is 0 Å². The number of rotatable bonds is 14. The second kappa shape index (κ2) is 15.5. The van der Waals surface area contributed by atoms with Gasteiger partial charge in [0.15, 0.2) is 27.9 Å². The molecule has 0 saturated carbocycles. The molecule has 0 aliphatic heterocycles. The van der Waals surface area contributed by atoms with Crippen LogP contribution in [0.3, 0.4) is 0 Å². The summed E-state index contributed by atoms with van der Waals surface area (Å²) >= 11 is 6.14. The predicted octanol–water partition coefficient (Wildman–Crippen LogP) is 5.79. The number of nitrogens with zero attached hydrogens (tertiary/aromatic N) is 6. The van der Waals surface area contributed by atoms with Crippen molar-refractivity contribution >= 4 is 105 Å². The molecule has 26 heteroatoms. The molecule has 1 heterocycles. The SMILES string of the molecule is O=Nc1ccc(O)c(N=Nc2c(S(=O)(=O)O)cc3cc(S(=O)(=O)O)cc(Nc4nc(Cl)nc(Nc5ccc(S(=O)(=O)CCOSO)cc5)n4)c3c2O)c1. The van der Waals surface area contributed by atoms with Crippen LogP contribution in [0.15, 0.2) is 90.8 Å². The lowest BCUT2D eigenvalue weighted by Gasteiger charge is -2.15. The van der Waals surface area contributed by atoms with Gasteiger partial charge in [-0.2, -0.15) is 31.8 Å². The first-order valence-corrected chi connectivity index (χ1v) is 19.6. The van der Waals surface area contributed by atoms with Gasteiger partial charge in [-0.25, -0.2) is 8.42 Å². The van der Waals surface area contributed by atoms with E-state index >= 15 is 0 Å². The molecule has 0 aliphatic carbocycles. The van der Waals surface area contributed by atoms with Crippen LogP contribution in [-0.2, 0) is 34.3 Å². The van der Waals surface area contributed by atoms with Crippen molar-refractivity contribution in [3.05, 3.63) is 70.9 Å². The van der Waals surface area contributed by atoms with E-state index in [-0.39, 0.29) is 46.5 Å². The van der Waals surface area contributed by atoms with Crippen molar-refractivity contribution in [3.8, 4) is 11.5 Å². The summed E-state index contributed by atoms with van der Waals surface area (Å²) in [5.41, 5.74) is -1.64. The Morgan fingerprint density at radius 2 is 1.49 bits per heavy atom. The topological polar surface area (TPSA) is 330 Å². The molecule has 21 nitrogen and oxygen atoms in total. The Morgan fingerprint density at radius 1 is 0.811 bits per heavy atom. The molecule has 0 fully saturated rings. The minimum Gasteiger partial charge on any atom is -0.506 e. The Morgan fingerprint density at radius 3 is 2.11 bits per heavy atom. The fourth-order valence-corrected chi connectivity index (χ4v) is 7.22. The number of anilines is 4. The first-order chi connectivity index (χ1) is 24.9. The van der Waals surface area contributed by atoms with Crippen LogP contribution in [0.25, 0.3) is 10.8 Å². The number of halogens is 1. The van der Waals surface area contributed by atoms with Gasteiger partial charge in [0, 0.05) is 11.1 Å². The highest BCUT2D eigenvalue weighted by Crippen LogP contribution is 2.46. The first kappa shape index (κ1) is 39.1. The number of phenols is 2. The quantitative estimate of drug-likeness (QED) is 0.0229. The second-order valence-electron chi connectivity index (χ2n) is 10.3. The normalized spacial score (nSPS) is 12.3.